The van der Waals surface area contributed by atoms with E-state index in [-0.39, 0.29) is 0 Å². The first-order chi connectivity index (χ1) is 13.7. The van der Waals surface area contributed by atoms with Gasteiger partial charge in [0.15, 0.2) is 0 Å². The van der Waals surface area contributed by atoms with Crippen molar-refractivity contribution in [3.05, 3.63) is 63.8 Å². The second-order valence-electron chi connectivity index (χ2n) is 6.92. The number of aryl methyl sites for hydroxylation is 2. The molecular weight excluding hydrogens is 370 g/mol. The van der Waals surface area contributed by atoms with E-state index in [1.165, 1.54) is 11.1 Å². The third kappa shape index (κ3) is 3.84. The predicted octanol–water partition coefficient (Wildman–Crippen LogP) is 4.04. The van der Waals surface area contributed by atoms with Crippen LogP contribution in [0.4, 0.5) is 5.69 Å². The molecule has 28 heavy (non-hydrogen) atoms. The van der Waals surface area contributed by atoms with Crippen LogP contribution in [0.15, 0.2) is 52.8 Å². The molecule has 0 unspecified atom stereocenters. The highest BCUT2D eigenvalue weighted by atomic mass is 32.1. The minimum Gasteiger partial charge on any atom is -0.497 e. The Bertz CT molecular complexity index is 1030. The fraction of sp³-hybridized carbons (Fsp3) is 0.318. The summed E-state index contributed by atoms with van der Waals surface area (Å²) in [4.78, 5) is 5.98. The number of nitrogens with zero attached hydrogens (tertiary/aromatic N) is 3. The quantitative estimate of drug-likeness (QED) is 0.669. The number of thiazole rings is 1. The molecule has 5 nitrogen and oxygen atoms in total. The Labute approximate surface area is 169 Å². The first kappa shape index (κ1) is 18.8. The van der Waals surface area contributed by atoms with Gasteiger partial charge in [0.2, 0.25) is 4.80 Å². The minimum atomic E-state index is 0.726. The molecule has 146 valence electrons. The number of hydrogen-bond donors (Lipinski definition) is 0. The van der Waals surface area contributed by atoms with E-state index in [2.05, 4.69) is 59.2 Å². The smallest absolute Gasteiger partial charge is 0.209 e. The van der Waals surface area contributed by atoms with E-state index in [1.54, 1.807) is 18.4 Å². The predicted molar refractivity (Wildman–Crippen MR) is 114 cm³/mol. The lowest BCUT2D eigenvalue weighted by Gasteiger charge is -2.31. The maximum Gasteiger partial charge on any atom is 0.209 e. The molecule has 1 fully saturated rings. The maximum atomic E-state index is 5.57. The normalized spacial score (nSPS) is 15.1. The molecule has 1 aromatic heterocycles. The first-order valence-electron chi connectivity index (χ1n) is 9.45. The molecule has 0 radical (unpaired) electrons. The molecule has 2 aromatic carbocycles. The van der Waals surface area contributed by atoms with Gasteiger partial charge in [-0.1, -0.05) is 29.8 Å². The van der Waals surface area contributed by atoms with Crippen molar-refractivity contribution in [2.45, 2.75) is 13.8 Å². The first-order valence-corrected chi connectivity index (χ1v) is 10.3. The van der Waals surface area contributed by atoms with Crippen molar-refractivity contribution in [2.75, 3.05) is 38.4 Å². The van der Waals surface area contributed by atoms with Crippen LogP contribution in [-0.2, 0) is 4.74 Å². The van der Waals surface area contributed by atoms with Crippen molar-refractivity contribution in [3.63, 3.8) is 0 Å². The van der Waals surface area contributed by atoms with Crippen LogP contribution in [0.1, 0.15) is 11.1 Å². The Balaban J connectivity index is 1.87. The van der Waals surface area contributed by atoms with Crippen molar-refractivity contribution < 1.29 is 9.47 Å². The third-order valence-electron chi connectivity index (χ3n) is 4.89. The number of hydrogen-bond acceptors (Lipinski definition) is 5. The Morgan fingerprint density at radius 1 is 1.07 bits per heavy atom. The van der Waals surface area contributed by atoms with Gasteiger partial charge >= 0.3 is 0 Å². The zero-order valence-electron chi connectivity index (χ0n) is 16.5. The average molecular weight is 396 g/mol. The summed E-state index contributed by atoms with van der Waals surface area (Å²) >= 11 is 1.66. The molecule has 6 heteroatoms. The van der Waals surface area contributed by atoms with Crippen LogP contribution < -0.4 is 14.5 Å². The number of rotatable bonds is 4. The second-order valence-corrected chi connectivity index (χ2v) is 7.75. The number of benzene rings is 2. The highest BCUT2D eigenvalue weighted by Crippen LogP contribution is 2.26. The van der Waals surface area contributed by atoms with Gasteiger partial charge in [0.05, 0.1) is 44.8 Å². The van der Waals surface area contributed by atoms with Gasteiger partial charge in [0, 0.05) is 10.9 Å². The zero-order chi connectivity index (χ0) is 19.5. The summed E-state index contributed by atoms with van der Waals surface area (Å²) in [6.45, 7) is 7.35. The molecular formula is C22H25N3O2S. The van der Waals surface area contributed by atoms with Crippen LogP contribution in [0.5, 0.6) is 5.75 Å². The minimum absolute atomic E-state index is 0.726. The van der Waals surface area contributed by atoms with Crippen molar-refractivity contribution in [1.82, 2.24) is 4.68 Å². The number of morpholine rings is 1. The summed E-state index contributed by atoms with van der Waals surface area (Å²) in [5, 5.41) is 4.49. The number of aromatic nitrogens is 1. The van der Waals surface area contributed by atoms with Gasteiger partial charge in [-0.25, -0.2) is 9.67 Å². The van der Waals surface area contributed by atoms with Gasteiger partial charge in [0.25, 0.3) is 0 Å². The van der Waals surface area contributed by atoms with Gasteiger partial charge in [-0.3, -0.25) is 0 Å². The summed E-state index contributed by atoms with van der Waals surface area (Å²) < 4.78 is 13.2. The summed E-state index contributed by atoms with van der Waals surface area (Å²) in [6.07, 6.45) is 0. The summed E-state index contributed by atoms with van der Waals surface area (Å²) in [6, 6.07) is 14.6. The lowest BCUT2D eigenvalue weighted by molar-refractivity contribution is 0.111. The van der Waals surface area contributed by atoms with Crippen LogP contribution in [0.3, 0.4) is 0 Å². The van der Waals surface area contributed by atoms with E-state index in [9.17, 15) is 0 Å². The SMILES string of the molecule is COc1cccc(-c2csc(=Nc3ccc(C)cc3C)n2N2CCOCC2)c1. The van der Waals surface area contributed by atoms with E-state index in [1.807, 2.05) is 12.1 Å². The maximum absolute atomic E-state index is 5.57. The van der Waals surface area contributed by atoms with Gasteiger partial charge < -0.3 is 14.5 Å². The average Bonchev–Trinajstić information content (AvgIpc) is 3.14. The molecule has 0 bridgehead atoms. The fourth-order valence-corrected chi connectivity index (χ4v) is 4.34. The summed E-state index contributed by atoms with van der Waals surface area (Å²) in [5.41, 5.74) is 5.68. The molecule has 0 aliphatic carbocycles. The molecule has 0 spiro atoms. The summed E-state index contributed by atoms with van der Waals surface area (Å²) in [5.74, 6) is 0.852. The standard InChI is InChI=1S/C22H25N3O2S/c1-16-7-8-20(17(2)13-16)23-22-25(24-9-11-27-12-10-24)21(15-28-22)18-5-4-6-19(14-18)26-3/h4-8,13-15H,9-12H2,1-3H3. The molecule has 0 N–H and O–H groups in total. The molecule has 1 saturated heterocycles. The Kier molecular flexibility index (Phi) is 5.50. The van der Waals surface area contributed by atoms with Crippen molar-refractivity contribution in [2.24, 2.45) is 4.99 Å². The largest absolute Gasteiger partial charge is 0.497 e. The van der Waals surface area contributed by atoms with Gasteiger partial charge in [-0.05, 0) is 37.6 Å². The third-order valence-corrected chi connectivity index (χ3v) is 5.71. The molecule has 2 heterocycles. The van der Waals surface area contributed by atoms with E-state index in [4.69, 9.17) is 14.5 Å². The number of ether oxygens (including phenoxy) is 2. The fourth-order valence-electron chi connectivity index (χ4n) is 3.42. The second kappa shape index (κ2) is 8.20. The molecule has 1 aliphatic heterocycles. The van der Waals surface area contributed by atoms with Crippen LogP contribution in [-0.4, -0.2) is 38.1 Å². The zero-order valence-corrected chi connectivity index (χ0v) is 17.3. The van der Waals surface area contributed by atoms with Gasteiger partial charge in [-0.15, -0.1) is 11.3 Å². The van der Waals surface area contributed by atoms with Crippen LogP contribution in [0.2, 0.25) is 0 Å². The Morgan fingerprint density at radius 2 is 1.89 bits per heavy atom. The van der Waals surface area contributed by atoms with Crippen molar-refractivity contribution in [3.8, 4) is 17.0 Å². The highest BCUT2D eigenvalue weighted by Gasteiger charge is 2.18. The molecule has 0 saturated carbocycles. The number of methoxy groups -OCH3 is 1. The Morgan fingerprint density at radius 3 is 2.64 bits per heavy atom. The van der Waals surface area contributed by atoms with Crippen molar-refractivity contribution in [1.29, 1.82) is 0 Å². The van der Waals surface area contributed by atoms with Gasteiger partial charge in [-0.2, -0.15) is 0 Å². The lowest BCUT2D eigenvalue weighted by Crippen LogP contribution is -2.48. The topological polar surface area (TPSA) is 39.0 Å². The van der Waals surface area contributed by atoms with Gasteiger partial charge in [0.1, 0.15) is 5.75 Å². The lowest BCUT2D eigenvalue weighted by atomic mass is 10.1. The highest BCUT2D eigenvalue weighted by molar-refractivity contribution is 7.07. The molecule has 4 rings (SSSR count). The van der Waals surface area contributed by atoms with E-state index < -0.39 is 0 Å². The van der Waals surface area contributed by atoms with E-state index in [0.29, 0.717) is 0 Å². The van der Waals surface area contributed by atoms with Crippen LogP contribution in [0, 0.1) is 13.8 Å². The van der Waals surface area contributed by atoms with E-state index >= 15 is 0 Å². The molecule has 0 amide bonds. The molecule has 0 atom stereocenters. The summed E-state index contributed by atoms with van der Waals surface area (Å²) in [7, 11) is 1.70. The van der Waals surface area contributed by atoms with E-state index in [0.717, 1.165) is 53.8 Å². The Hall–Kier alpha value is -2.57. The molecule has 1 aliphatic rings. The van der Waals surface area contributed by atoms with Crippen LogP contribution in [0.25, 0.3) is 11.3 Å². The monoisotopic (exact) mass is 395 g/mol. The molecule has 3 aromatic rings. The van der Waals surface area contributed by atoms with Crippen molar-refractivity contribution >= 4 is 17.0 Å². The van der Waals surface area contributed by atoms with Crippen LogP contribution >= 0.6 is 11.3 Å².